The van der Waals surface area contributed by atoms with Crippen LogP contribution < -0.4 is 14.5 Å². The van der Waals surface area contributed by atoms with Crippen molar-refractivity contribution in [1.82, 2.24) is 4.98 Å². The SMILES string of the molecule is C=CCOC(=O)c1sc(N2C(=O)C(=O)/C(=C(/O)c3ccc(OCc4ccccc4C)cc3)C2c2ccc(N(C)C)cc2)nc1C. The van der Waals surface area contributed by atoms with E-state index in [-0.39, 0.29) is 27.9 Å². The molecule has 1 aliphatic rings. The topological polar surface area (TPSA) is 109 Å². The largest absolute Gasteiger partial charge is 0.507 e. The Morgan fingerprint density at radius 1 is 1.04 bits per heavy atom. The number of esters is 1. The number of nitrogens with zero attached hydrogens (tertiary/aromatic N) is 3. The zero-order valence-electron chi connectivity index (χ0n) is 25.4. The average Bonchev–Trinajstić information content (AvgIpc) is 3.55. The molecule has 0 radical (unpaired) electrons. The fourth-order valence-electron chi connectivity index (χ4n) is 4.97. The van der Waals surface area contributed by atoms with Crippen LogP contribution in [0.15, 0.2) is 91.0 Å². The van der Waals surface area contributed by atoms with Crippen molar-refractivity contribution in [3.8, 4) is 5.75 Å². The highest BCUT2D eigenvalue weighted by atomic mass is 32.1. The van der Waals surface area contributed by atoms with E-state index in [2.05, 4.69) is 11.6 Å². The monoisotopic (exact) mass is 623 g/mol. The van der Waals surface area contributed by atoms with Crippen LogP contribution in [0.3, 0.4) is 0 Å². The number of aryl methyl sites for hydroxylation is 2. The third-order valence-electron chi connectivity index (χ3n) is 7.46. The number of hydrogen-bond acceptors (Lipinski definition) is 9. The van der Waals surface area contributed by atoms with E-state index < -0.39 is 23.7 Å². The molecule has 0 aliphatic carbocycles. The van der Waals surface area contributed by atoms with Gasteiger partial charge < -0.3 is 19.5 Å². The van der Waals surface area contributed by atoms with E-state index in [0.29, 0.717) is 29.2 Å². The van der Waals surface area contributed by atoms with Crippen molar-refractivity contribution in [2.45, 2.75) is 26.5 Å². The number of aliphatic hydroxyl groups is 1. The first kappa shape index (κ1) is 31.2. The molecule has 1 N–H and O–H groups in total. The van der Waals surface area contributed by atoms with Crippen LogP contribution in [-0.2, 0) is 20.9 Å². The first-order chi connectivity index (χ1) is 21.6. The zero-order chi connectivity index (χ0) is 32.2. The van der Waals surface area contributed by atoms with Gasteiger partial charge in [0.2, 0.25) is 0 Å². The van der Waals surface area contributed by atoms with E-state index in [1.807, 2.05) is 62.3 Å². The molecule has 0 spiro atoms. The fraction of sp³-hybridized carbons (Fsp3) is 0.200. The van der Waals surface area contributed by atoms with Crippen molar-refractivity contribution < 1.29 is 29.0 Å². The number of hydrogen-bond donors (Lipinski definition) is 1. The number of aliphatic hydroxyl groups excluding tert-OH is 1. The normalized spacial score (nSPS) is 15.6. The molecule has 4 aromatic rings. The van der Waals surface area contributed by atoms with Crippen LogP contribution >= 0.6 is 11.3 Å². The Balaban J connectivity index is 1.53. The lowest BCUT2D eigenvalue weighted by Gasteiger charge is -2.23. The Kier molecular flexibility index (Phi) is 9.15. The quantitative estimate of drug-likeness (QED) is 0.0713. The highest BCUT2D eigenvalue weighted by Crippen LogP contribution is 2.44. The van der Waals surface area contributed by atoms with Crippen molar-refractivity contribution in [1.29, 1.82) is 0 Å². The van der Waals surface area contributed by atoms with Crippen LogP contribution in [0.25, 0.3) is 5.76 Å². The van der Waals surface area contributed by atoms with E-state index >= 15 is 0 Å². The maximum atomic E-state index is 13.6. The highest BCUT2D eigenvalue weighted by Gasteiger charge is 2.48. The van der Waals surface area contributed by atoms with Gasteiger partial charge >= 0.3 is 11.9 Å². The minimum absolute atomic E-state index is 0.0178. The summed E-state index contributed by atoms with van der Waals surface area (Å²) in [6.45, 7) is 7.60. The number of Topliss-reactive ketones (excluding diaryl/α,β-unsaturated/α-hetero) is 1. The van der Waals surface area contributed by atoms with Gasteiger partial charge in [-0.1, -0.05) is 60.4 Å². The molecule has 230 valence electrons. The van der Waals surface area contributed by atoms with Crippen molar-refractivity contribution in [2.75, 3.05) is 30.5 Å². The lowest BCUT2D eigenvalue weighted by atomic mass is 9.95. The Hall–Kier alpha value is -5.22. The molecule has 1 aromatic heterocycles. The van der Waals surface area contributed by atoms with Crippen LogP contribution in [0, 0.1) is 13.8 Å². The van der Waals surface area contributed by atoms with Gasteiger partial charge in [0, 0.05) is 25.3 Å². The Morgan fingerprint density at radius 3 is 2.38 bits per heavy atom. The molecule has 10 heteroatoms. The Morgan fingerprint density at radius 2 is 1.73 bits per heavy atom. The number of anilines is 2. The Bertz CT molecular complexity index is 1790. The molecule has 0 bridgehead atoms. The number of carbonyl (C=O) groups is 3. The van der Waals surface area contributed by atoms with Gasteiger partial charge in [0.1, 0.15) is 29.6 Å². The molecule has 1 aliphatic heterocycles. The van der Waals surface area contributed by atoms with Gasteiger partial charge in [-0.15, -0.1) is 0 Å². The molecule has 45 heavy (non-hydrogen) atoms. The van der Waals surface area contributed by atoms with Crippen molar-refractivity contribution in [2.24, 2.45) is 0 Å². The van der Waals surface area contributed by atoms with Crippen LogP contribution in [-0.4, -0.2) is 48.5 Å². The summed E-state index contributed by atoms with van der Waals surface area (Å²) in [6.07, 6.45) is 1.45. The molecule has 0 saturated carbocycles. The fourth-order valence-corrected chi connectivity index (χ4v) is 5.96. The molecule has 2 heterocycles. The Labute approximate surface area is 265 Å². The number of aromatic nitrogens is 1. The summed E-state index contributed by atoms with van der Waals surface area (Å²) in [5.41, 5.74) is 4.28. The standard InChI is InChI=1S/C35H33N3O6S/c1-6-19-43-34(42)32-22(3)36-35(45-32)38-29(23-11-15-26(16-12-23)37(4)5)28(31(40)33(38)41)30(39)24-13-17-27(18-14-24)44-20-25-10-8-7-9-21(25)2/h6-18,29,39H,1,19-20H2,2-5H3/b30-28+. The highest BCUT2D eigenvalue weighted by molar-refractivity contribution is 7.17. The average molecular weight is 624 g/mol. The third kappa shape index (κ3) is 6.37. The number of rotatable bonds is 10. The summed E-state index contributed by atoms with van der Waals surface area (Å²) >= 11 is 0.948. The molecule has 5 rings (SSSR count). The van der Waals surface area contributed by atoms with E-state index in [1.54, 1.807) is 43.3 Å². The summed E-state index contributed by atoms with van der Waals surface area (Å²) in [5, 5.41) is 11.7. The minimum Gasteiger partial charge on any atom is -0.507 e. The lowest BCUT2D eigenvalue weighted by Crippen LogP contribution is -2.29. The molecular formula is C35H33N3O6S. The van der Waals surface area contributed by atoms with E-state index in [1.165, 1.54) is 11.0 Å². The summed E-state index contributed by atoms with van der Waals surface area (Å²) in [5.74, 6) is -2.08. The third-order valence-corrected chi connectivity index (χ3v) is 8.60. The molecule has 9 nitrogen and oxygen atoms in total. The van der Waals surface area contributed by atoms with Crippen LogP contribution in [0.4, 0.5) is 10.8 Å². The van der Waals surface area contributed by atoms with E-state index in [0.717, 1.165) is 28.2 Å². The van der Waals surface area contributed by atoms with Gasteiger partial charge in [-0.25, -0.2) is 9.78 Å². The zero-order valence-corrected chi connectivity index (χ0v) is 26.3. The predicted molar refractivity (Wildman–Crippen MR) is 175 cm³/mol. The molecule has 3 aromatic carbocycles. The van der Waals surface area contributed by atoms with Gasteiger partial charge in [0.05, 0.1) is 17.3 Å². The second-order valence-electron chi connectivity index (χ2n) is 10.7. The number of carbonyl (C=O) groups excluding carboxylic acids is 3. The van der Waals surface area contributed by atoms with Gasteiger partial charge in [-0.05, 0) is 66.9 Å². The lowest BCUT2D eigenvalue weighted by molar-refractivity contribution is -0.132. The first-order valence-electron chi connectivity index (χ1n) is 14.2. The maximum Gasteiger partial charge on any atom is 0.350 e. The van der Waals surface area contributed by atoms with Crippen LogP contribution in [0.1, 0.15) is 43.7 Å². The molecule has 1 unspecified atom stereocenters. The van der Waals surface area contributed by atoms with E-state index in [4.69, 9.17) is 9.47 Å². The molecule has 1 saturated heterocycles. The van der Waals surface area contributed by atoms with Crippen molar-refractivity contribution in [3.63, 3.8) is 0 Å². The number of ether oxygens (including phenoxy) is 2. The van der Waals surface area contributed by atoms with Crippen molar-refractivity contribution >= 4 is 45.6 Å². The summed E-state index contributed by atoms with van der Waals surface area (Å²) in [6, 6.07) is 21.0. The van der Waals surface area contributed by atoms with Crippen LogP contribution in [0.2, 0.25) is 0 Å². The number of amides is 1. The second kappa shape index (κ2) is 13.2. The smallest absolute Gasteiger partial charge is 0.350 e. The maximum absolute atomic E-state index is 13.6. The van der Waals surface area contributed by atoms with Gasteiger partial charge in [-0.2, -0.15) is 0 Å². The van der Waals surface area contributed by atoms with Gasteiger partial charge in [0.15, 0.2) is 5.13 Å². The predicted octanol–water partition coefficient (Wildman–Crippen LogP) is 6.37. The van der Waals surface area contributed by atoms with Gasteiger partial charge in [0.25, 0.3) is 5.78 Å². The molecule has 1 amide bonds. The number of benzene rings is 3. The van der Waals surface area contributed by atoms with Crippen molar-refractivity contribution in [3.05, 3.63) is 124 Å². The number of ketones is 1. The number of thiazole rings is 1. The molecular weight excluding hydrogens is 590 g/mol. The molecule has 1 fully saturated rings. The summed E-state index contributed by atoms with van der Waals surface area (Å²) < 4.78 is 11.1. The summed E-state index contributed by atoms with van der Waals surface area (Å²) in [4.78, 5) is 47.7. The molecule has 1 atom stereocenters. The van der Waals surface area contributed by atoms with Gasteiger partial charge in [-0.3, -0.25) is 14.5 Å². The summed E-state index contributed by atoms with van der Waals surface area (Å²) in [7, 11) is 3.81. The second-order valence-corrected chi connectivity index (χ2v) is 11.7. The minimum atomic E-state index is -0.999. The van der Waals surface area contributed by atoms with Crippen LogP contribution in [0.5, 0.6) is 5.75 Å². The first-order valence-corrected chi connectivity index (χ1v) is 15.0. The van der Waals surface area contributed by atoms with E-state index in [9.17, 15) is 19.5 Å².